The van der Waals surface area contributed by atoms with Crippen molar-refractivity contribution in [2.75, 3.05) is 7.05 Å². The zero-order valence-corrected chi connectivity index (χ0v) is 16.7. The van der Waals surface area contributed by atoms with Crippen LogP contribution in [0, 0.1) is 0 Å². The smallest absolute Gasteiger partial charge is 0.261 e. The minimum atomic E-state index is -0.371. The molecule has 0 unspecified atom stereocenters. The van der Waals surface area contributed by atoms with Crippen molar-refractivity contribution in [1.29, 1.82) is 0 Å². The molecule has 2 heterocycles. The van der Waals surface area contributed by atoms with Gasteiger partial charge in [-0.2, -0.15) is 0 Å². The number of aromatic amines is 1. The van der Waals surface area contributed by atoms with Gasteiger partial charge >= 0.3 is 0 Å². The van der Waals surface area contributed by atoms with Gasteiger partial charge in [0.1, 0.15) is 16.9 Å². The van der Waals surface area contributed by atoms with Crippen molar-refractivity contribution >= 4 is 27.8 Å². The predicted molar refractivity (Wildman–Crippen MR) is 115 cm³/mol. The van der Waals surface area contributed by atoms with Crippen LogP contribution in [0.2, 0.25) is 0 Å². The van der Waals surface area contributed by atoms with E-state index in [0.29, 0.717) is 6.54 Å². The second-order valence-electron chi connectivity index (χ2n) is 7.36. The SMILES string of the molecule is CCCCc1oc2ccccc2c1CN(C)C(=O)c1cc2ccccc2[nH]c1=O. The van der Waals surface area contributed by atoms with E-state index in [1.54, 1.807) is 18.0 Å². The summed E-state index contributed by atoms with van der Waals surface area (Å²) < 4.78 is 6.06. The lowest BCUT2D eigenvalue weighted by molar-refractivity contribution is 0.0783. The minimum absolute atomic E-state index is 0.147. The Labute approximate surface area is 169 Å². The van der Waals surface area contributed by atoms with E-state index in [1.807, 2.05) is 48.5 Å². The molecule has 4 aromatic rings. The average molecular weight is 388 g/mol. The number of aryl methyl sites for hydroxylation is 1. The van der Waals surface area contributed by atoms with Gasteiger partial charge in [-0.05, 0) is 30.0 Å². The number of aromatic nitrogens is 1. The van der Waals surface area contributed by atoms with Gasteiger partial charge < -0.3 is 14.3 Å². The number of hydrogen-bond acceptors (Lipinski definition) is 3. The molecular formula is C24H24N2O3. The third-order valence-electron chi connectivity index (χ3n) is 5.27. The van der Waals surface area contributed by atoms with Gasteiger partial charge in [-0.25, -0.2) is 0 Å². The average Bonchev–Trinajstić information content (AvgIpc) is 3.08. The lowest BCUT2D eigenvalue weighted by Gasteiger charge is -2.17. The lowest BCUT2D eigenvalue weighted by atomic mass is 10.1. The van der Waals surface area contributed by atoms with Gasteiger partial charge in [-0.3, -0.25) is 9.59 Å². The van der Waals surface area contributed by atoms with E-state index in [9.17, 15) is 9.59 Å². The van der Waals surface area contributed by atoms with Gasteiger partial charge in [0.25, 0.3) is 11.5 Å². The highest BCUT2D eigenvalue weighted by Crippen LogP contribution is 2.28. The first kappa shape index (κ1) is 19.0. The molecule has 0 saturated carbocycles. The molecule has 4 rings (SSSR count). The van der Waals surface area contributed by atoms with E-state index in [2.05, 4.69) is 11.9 Å². The molecule has 0 aliphatic rings. The maximum Gasteiger partial charge on any atom is 0.261 e. The molecule has 2 aromatic carbocycles. The Kier molecular flexibility index (Phi) is 5.21. The standard InChI is InChI=1S/C24H24N2O3/c1-3-4-12-22-19(17-10-6-8-13-21(17)29-22)15-26(2)24(28)18-14-16-9-5-7-11-20(16)25-23(18)27/h5-11,13-14H,3-4,12,15H2,1-2H3,(H,25,27). The van der Waals surface area contributed by atoms with E-state index >= 15 is 0 Å². The van der Waals surface area contributed by atoms with Crippen molar-refractivity contribution in [2.24, 2.45) is 0 Å². The highest BCUT2D eigenvalue weighted by Gasteiger charge is 2.21. The van der Waals surface area contributed by atoms with Crippen LogP contribution in [0.4, 0.5) is 0 Å². The number of nitrogens with one attached hydrogen (secondary N) is 1. The molecule has 5 heteroatoms. The number of fused-ring (bicyclic) bond motifs is 2. The Bertz CT molecular complexity index is 1240. The number of pyridine rings is 1. The number of nitrogens with zero attached hydrogens (tertiary/aromatic N) is 1. The van der Waals surface area contributed by atoms with Crippen LogP contribution in [-0.2, 0) is 13.0 Å². The monoisotopic (exact) mass is 388 g/mol. The van der Waals surface area contributed by atoms with Crippen LogP contribution in [0.15, 0.2) is 63.8 Å². The molecule has 0 atom stereocenters. The van der Waals surface area contributed by atoms with Crippen LogP contribution >= 0.6 is 0 Å². The predicted octanol–water partition coefficient (Wildman–Crippen LogP) is 4.89. The van der Waals surface area contributed by atoms with Gasteiger partial charge in [0, 0.05) is 36.5 Å². The van der Waals surface area contributed by atoms with Crippen LogP contribution in [0.1, 0.15) is 41.4 Å². The van der Waals surface area contributed by atoms with Crippen LogP contribution in [0.3, 0.4) is 0 Å². The van der Waals surface area contributed by atoms with Crippen LogP contribution in [-0.4, -0.2) is 22.8 Å². The second kappa shape index (κ2) is 7.95. The number of furan rings is 1. The third kappa shape index (κ3) is 3.68. The number of para-hydroxylation sites is 2. The summed E-state index contributed by atoms with van der Waals surface area (Å²) in [5, 5.41) is 1.85. The molecule has 0 radical (unpaired) electrons. The quantitative estimate of drug-likeness (QED) is 0.511. The highest BCUT2D eigenvalue weighted by molar-refractivity contribution is 5.97. The van der Waals surface area contributed by atoms with E-state index in [4.69, 9.17) is 4.42 Å². The van der Waals surface area contributed by atoms with Gasteiger partial charge in [0.2, 0.25) is 0 Å². The first-order valence-corrected chi connectivity index (χ1v) is 9.95. The molecule has 148 valence electrons. The molecule has 5 nitrogen and oxygen atoms in total. The van der Waals surface area contributed by atoms with Gasteiger partial charge in [-0.15, -0.1) is 0 Å². The maximum absolute atomic E-state index is 13.1. The van der Waals surface area contributed by atoms with Crippen molar-refractivity contribution in [3.8, 4) is 0 Å². The fourth-order valence-electron chi connectivity index (χ4n) is 3.68. The summed E-state index contributed by atoms with van der Waals surface area (Å²) in [4.78, 5) is 29.9. The van der Waals surface area contributed by atoms with E-state index in [0.717, 1.165) is 52.5 Å². The van der Waals surface area contributed by atoms with Gasteiger partial charge in [0.05, 0.1) is 0 Å². The van der Waals surface area contributed by atoms with Gasteiger partial charge in [0.15, 0.2) is 0 Å². The van der Waals surface area contributed by atoms with Crippen molar-refractivity contribution < 1.29 is 9.21 Å². The van der Waals surface area contributed by atoms with Crippen LogP contribution in [0.25, 0.3) is 21.9 Å². The Morgan fingerprint density at radius 1 is 1.10 bits per heavy atom. The highest BCUT2D eigenvalue weighted by atomic mass is 16.3. The number of H-pyrrole nitrogens is 1. The fourth-order valence-corrected chi connectivity index (χ4v) is 3.68. The molecule has 0 spiro atoms. The first-order valence-electron chi connectivity index (χ1n) is 9.95. The van der Waals surface area contributed by atoms with E-state index in [-0.39, 0.29) is 17.0 Å². The van der Waals surface area contributed by atoms with Crippen molar-refractivity contribution in [1.82, 2.24) is 9.88 Å². The summed E-state index contributed by atoms with van der Waals surface area (Å²) in [5.74, 6) is 0.615. The van der Waals surface area contributed by atoms with Crippen LogP contribution < -0.4 is 5.56 Å². The number of carbonyl (C=O) groups excluding carboxylic acids is 1. The van der Waals surface area contributed by atoms with E-state index in [1.165, 1.54) is 0 Å². The summed E-state index contributed by atoms with van der Waals surface area (Å²) in [6, 6.07) is 17.0. The summed E-state index contributed by atoms with van der Waals surface area (Å²) in [6.45, 7) is 2.53. The number of benzene rings is 2. The molecule has 0 aliphatic carbocycles. The Morgan fingerprint density at radius 3 is 2.69 bits per heavy atom. The molecule has 2 aromatic heterocycles. The number of rotatable bonds is 6. The topological polar surface area (TPSA) is 66.3 Å². The number of amides is 1. The number of carbonyl (C=O) groups is 1. The van der Waals surface area contributed by atoms with E-state index < -0.39 is 0 Å². The maximum atomic E-state index is 13.1. The lowest BCUT2D eigenvalue weighted by Crippen LogP contribution is -2.31. The van der Waals surface area contributed by atoms with Crippen molar-refractivity contribution in [3.63, 3.8) is 0 Å². The molecule has 0 aliphatic heterocycles. The second-order valence-corrected chi connectivity index (χ2v) is 7.36. The molecule has 29 heavy (non-hydrogen) atoms. The van der Waals surface area contributed by atoms with Gasteiger partial charge in [-0.1, -0.05) is 49.7 Å². The summed E-state index contributed by atoms with van der Waals surface area (Å²) in [6.07, 6.45) is 2.92. The number of hydrogen-bond donors (Lipinski definition) is 1. The molecule has 1 amide bonds. The molecule has 0 fully saturated rings. The normalized spacial score (nSPS) is 11.2. The Hall–Kier alpha value is -3.34. The first-order chi connectivity index (χ1) is 14.1. The van der Waals surface area contributed by atoms with Crippen LogP contribution in [0.5, 0.6) is 0 Å². The zero-order valence-electron chi connectivity index (χ0n) is 16.7. The van der Waals surface area contributed by atoms with Crippen molar-refractivity contribution in [3.05, 3.63) is 81.8 Å². The summed E-state index contributed by atoms with van der Waals surface area (Å²) in [5.41, 5.74) is 2.34. The zero-order chi connectivity index (χ0) is 20.4. The molecule has 1 N–H and O–H groups in total. The molecular weight excluding hydrogens is 364 g/mol. The minimum Gasteiger partial charge on any atom is -0.461 e. The number of unbranched alkanes of at least 4 members (excludes halogenated alkanes) is 1. The Balaban J connectivity index is 1.67. The summed E-state index contributed by atoms with van der Waals surface area (Å²) in [7, 11) is 1.72. The molecule has 0 saturated heterocycles. The largest absolute Gasteiger partial charge is 0.461 e. The fraction of sp³-hybridized carbons (Fsp3) is 0.250. The Morgan fingerprint density at radius 2 is 1.86 bits per heavy atom. The summed E-state index contributed by atoms with van der Waals surface area (Å²) >= 11 is 0. The third-order valence-corrected chi connectivity index (χ3v) is 5.27. The molecule has 0 bridgehead atoms. The van der Waals surface area contributed by atoms with Crippen molar-refractivity contribution in [2.45, 2.75) is 32.7 Å².